The molecule has 1 unspecified atom stereocenters. The summed E-state index contributed by atoms with van der Waals surface area (Å²) in [5.41, 5.74) is 2.70. The first-order valence-corrected chi connectivity index (χ1v) is 11.3. The maximum absolute atomic E-state index is 12.8. The first-order chi connectivity index (χ1) is 14.0. The van der Waals surface area contributed by atoms with Gasteiger partial charge in [0.1, 0.15) is 0 Å². The number of hydrogen-bond acceptors (Lipinski definition) is 4. The minimum Gasteiger partial charge on any atom is -0.245 e. The smallest absolute Gasteiger partial charge is 0.245 e. The summed E-state index contributed by atoms with van der Waals surface area (Å²) < 4.78 is 28.7. The highest BCUT2D eigenvalue weighted by molar-refractivity contribution is 7.87. The van der Waals surface area contributed by atoms with E-state index in [1.165, 1.54) is 9.31 Å². The Labute approximate surface area is 171 Å². The van der Waals surface area contributed by atoms with Crippen LogP contribution in [0.1, 0.15) is 36.3 Å². The van der Waals surface area contributed by atoms with Gasteiger partial charge in [0.2, 0.25) is 0 Å². The summed E-state index contributed by atoms with van der Waals surface area (Å²) in [7, 11) is -3.86. The minimum atomic E-state index is -3.86. The van der Waals surface area contributed by atoms with Gasteiger partial charge >= 0.3 is 16.2 Å². The van der Waals surface area contributed by atoms with Crippen molar-refractivity contribution in [2.75, 3.05) is 19.6 Å². The Kier molecular flexibility index (Phi) is 5.64. The average molecular weight is 413 g/mol. The Balaban J connectivity index is 1.57. The van der Waals surface area contributed by atoms with Crippen molar-refractivity contribution in [2.24, 2.45) is 5.10 Å². The van der Waals surface area contributed by atoms with Crippen molar-refractivity contribution in [2.45, 2.75) is 25.2 Å². The third-order valence-corrected chi connectivity index (χ3v) is 6.77. The van der Waals surface area contributed by atoms with E-state index >= 15 is 0 Å². The number of piperidine rings is 1. The molecular formula is C21H24N4O3S. The monoisotopic (exact) mass is 412 g/mol. The van der Waals surface area contributed by atoms with Gasteiger partial charge in [-0.3, -0.25) is 0 Å². The molecule has 2 amide bonds. The van der Waals surface area contributed by atoms with Crippen molar-refractivity contribution in [1.29, 1.82) is 0 Å². The molecule has 29 heavy (non-hydrogen) atoms. The number of rotatable bonds is 4. The molecule has 152 valence electrons. The highest BCUT2D eigenvalue weighted by Gasteiger charge is 2.35. The Morgan fingerprint density at radius 3 is 2.21 bits per heavy atom. The number of carbonyl (C=O) groups excluding carboxylic acids is 1. The molecule has 0 aliphatic carbocycles. The van der Waals surface area contributed by atoms with Crippen LogP contribution in [0.5, 0.6) is 0 Å². The van der Waals surface area contributed by atoms with Crippen LogP contribution in [0, 0.1) is 0 Å². The lowest BCUT2D eigenvalue weighted by molar-refractivity contribution is 0.209. The van der Waals surface area contributed by atoms with Gasteiger partial charge in [0, 0.05) is 19.0 Å². The van der Waals surface area contributed by atoms with E-state index in [0.29, 0.717) is 13.1 Å². The molecule has 1 fully saturated rings. The second kappa shape index (κ2) is 8.34. The molecule has 1 saturated heterocycles. The van der Waals surface area contributed by atoms with Crippen LogP contribution in [0.15, 0.2) is 65.8 Å². The van der Waals surface area contributed by atoms with E-state index in [0.717, 1.165) is 36.1 Å². The third kappa shape index (κ3) is 4.33. The summed E-state index contributed by atoms with van der Waals surface area (Å²) in [6.07, 6.45) is 2.63. The second-order valence-electron chi connectivity index (χ2n) is 7.27. The Morgan fingerprint density at radius 1 is 0.931 bits per heavy atom. The van der Waals surface area contributed by atoms with E-state index in [4.69, 9.17) is 0 Å². The second-order valence-corrected chi connectivity index (χ2v) is 8.94. The van der Waals surface area contributed by atoms with E-state index in [-0.39, 0.29) is 12.5 Å². The molecule has 2 aliphatic heterocycles. The highest BCUT2D eigenvalue weighted by atomic mass is 32.2. The first-order valence-electron chi connectivity index (χ1n) is 9.83. The van der Waals surface area contributed by atoms with Crippen LogP contribution in [0.4, 0.5) is 4.79 Å². The Morgan fingerprint density at radius 2 is 1.55 bits per heavy atom. The molecule has 8 heteroatoms. The normalized spacial score (nSPS) is 20.3. The lowest BCUT2D eigenvalue weighted by atomic mass is 9.91. The molecule has 2 aromatic rings. The topological polar surface area (TPSA) is 82.1 Å². The number of carbonyl (C=O) groups is 1. The fourth-order valence-corrected chi connectivity index (χ4v) is 4.97. The van der Waals surface area contributed by atoms with Crippen LogP contribution >= 0.6 is 0 Å². The van der Waals surface area contributed by atoms with E-state index in [2.05, 4.69) is 9.82 Å². The predicted molar refractivity (Wildman–Crippen MR) is 112 cm³/mol. The number of benzene rings is 2. The quantitative estimate of drug-likeness (QED) is 0.838. The lowest BCUT2D eigenvalue weighted by Crippen LogP contribution is -2.48. The Bertz CT molecular complexity index is 987. The number of amides is 2. The van der Waals surface area contributed by atoms with Crippen LogP contribution < -0.4 is 4.72 Å². The first kappa shape index (κ1) is 19.6. The van der Waals surface area contributed by atoms with Crippen LogP contribution in [-0.4, -0.2) is 49.1 Å². The molecular weight excluding hydrogens is 388 g/mol. The highest BCUT2D eigenvalue weighted by Crippen LogP contribution is 2.28. The molecule has 1 atom stereocenters. The van der Waals surface area contributed by atoms with E-state index in [1.807, 2.05) is 60.7 Å². The van der Waals surface area contributed by atoms with Crippen molar-refractivity contribution in [3.8, 4) is 0 Å². The van der Waals surface area contributed by atoms with E-state index < -0.39 is 16.2 Å². The van der Waals surface area contributed by atoms with Gasteiger partial charge in [0.05, 0.1) is 12.3 Å². The van der Waals surface area contributed by atoms with Crippen molar-refractivity contribution >= 4 is 22.0 Å². The summed E-state index contributed by atoms with van der Waals surface area (Å²) in [4.78, 5) is 12.8. The summed E-state index contributed by atoms with van der Waals surface area (Å²) in [6, 6.07) is 18.8. The maximum Gasteiger partial charge on any atom is 0.352 e. The molecule has 0 bridgehead atoms. The zero-order valence-corrected chi connectivity index (χ0v) is 16.9. The average Bonchev–Trinajstić information content (AvgIpc) is 3.21. The van der Waals surface area contributed by atoms with Crippen molar-refractivity contribution < 1.29 is 13.2 Å². The summed E-state index contributed by atoms with van der Waals surface area (Å²) in [6.45, 7) is 1.16. The fourth-order valence-electron chi connectivity index (χ4n) is 3.78. The van der Waals surface area contributed by atoms with Crippen molar-refractivity contribution in [3.63, 3.8) is 0 Å². The fraction of sp³-hybridized carbons (Fsp3) is 0.333. The number of urea groups is 1. The van der Waals surface area contributed by atoms with Crippen LogP contribution in [0.3, 0.4) is 0 Å². The summed E-state index contributed by atoms with van der Waals surface area (Å²) in [5, 5.41) is 5.72. The predicted octanol–water partition coefficient (Wildman–Crippen LogP) is 2.93. The van der Waals surface area contributed by atoms with Crippen molar-refractivity contribution in [3.05, 3.63) is 71.8 Å². The molecule has 2 aliphatic rings. The minimum absolute atomic E-state index is 0.123. The molecule has 0 saturated carbocycles. The number of hydrogen-bond donors (Lipinski definition) is 1. The van der Waals surface area contributed by atoms with Gasteiger partial charge in [0.15, 0.2) is 0 Å². The molecule has 1 N–H and O–H groups in total. The van der Waals surface area contributed by atoms with Gasteiger partial charge in [0.25, 0.3) is 0 Å². The number of nitrogens with one attached hydrogen (secondary N) is 1. The third-order valence-electron chi connectivity index (χ3n) is 5.29. The van der Waals surface area contributed by atoms with E-state index in [9.17, 15) is 13.2 Å². The molecule has 0 aromatic heterocycles. The molecule has 2 heterocycles. The van der Waals surface area contributed by atoms with Gasteiger partial charge in [-0.05, 0) is 24.0 Å². The van der Waals surface area contributed by atoms with Gasteiger partial charge < -0.3 is 0 Å². The molecule has 4 rings (SSSR count). The summed E-state index contributed by atoms with van der Waals surface area (Å²) >= 11 is 0. The lowest BCUT2D eigenvalue weighted by Gasteiger charge is -2.26. The SMILES string of the molecule is O=C(NS(=O)(=O)N1CCCCC1)N1CC(c2ccccc2)C(c2ccccc2)=N1. The number of nitrogens with zero attached hydrogens (tertiary/aromatic N) is 3. The van der Waals surface area contributed by atoms with Gasteiger partial charge in [-0.25, -0.2) is 14.5 Å². The maximum atomic E-state index is 12.8. The van der Waals surface area contributed by atoms with Crippen LogP contribution in [0.2, 0.25) is 0 Å². The van der Waals surface area contributed by atoms with Crippen LogP contribution in [0.25, 0.3) is 0 Å². The Hall–Kier alpha value is -2.71. The summed E-state index contributed by atoms with van der Waals surface area (Å²) in [5.74, 6) is -0.123. The zero-order chi connectivity index (χ0) is 20.3. The molecule has 7 nitrogen and oxygen atoms in total. The largest absolute Gasteiger partial charge is 0.352 e. The molecule has 2 aromatic carbocycles. The standard InChI is InChI=1S/C21H24N4O3S/c26-21(23-29(27,28)24-14-8-3-9-15-24)25-16-19(17-10-4-1-5-11-17)20(22-25)18-12-6-2-7-13-18/h1-2,4-7,10-13,19H,3,8-9,14-16H2,(H,23,26). The van der Waals surface area contributed by atoms with Gasteiger partial charge in [-0.15, -0.1) is 0 Å². The molecule has 0 radical (unpaired) electrons. The van der Waals surface area contributed by atoms with E-state index in [1.54, 1.807) is 0 Å². The van der Waals surface area contributed by atoms with Gasteiger partial charge in [-0.2, -0.15) is 17.8 Å². The van der Waals surface area contributed by atoms with Crippen molar-refractivity contribution in [1.82, 2.24) is 14.0 Å². The zero-order valence-electron chi connectivity index (χ0n) is 16.1. The van der Waals surface area contributed by atoms with Gasteiger partial charge in [-0.1, -0.05) is 67.1 Å². The molecule has 0 spiro atoms. The number of hydrazone groups is 1. The van der Waals surface area contributed by atoms with Crippen LogP contribution in [-0.2, 0) is 10.2 Å².